The molecule has 0 saturated carbocycles. The molecule has 0 unspecified atom stereocenters. The number of aromatic nitrogens is 3. The van der Waals surface area contributed by atoms with Gasteiger partial charge in [-0.15, -0.1) is 0 Å². The van der Waals surface area contributed by atoms with Gasteiger partial charge >= 0.3 is 0 Å². The maximum absolute atomic E-state index is 11.8. The number of carbonyl (C=O) groups is 1. The number of pyridine rings is 1. The number of hydrogen-bond donors (Lipinski definition) is 2. The minimum atomic E-state index is -0.316. The fraction of sp³-hybridized carbons (Fsp3) is 0.412. The van der Waals surface area contributed by atoms with Crippen molar-refractivity contribution >= 4 is 11.7 Å². The SMILES string of the molecule is CCNC(=O)Cn1nc(-c2ccc(NC(C)(C)C)nc2)ccc1=O. The summed E-state index contributed by atoms with van der Waals surface area (Å²) in [7, 11) is 0. The van der Waals surface area contributed by atoms with Gasteiger partial charge in [-0.2, -0.15) is 5.10 Å². The van der Waals surface area contributed by atoms with E-state index < -0.39 is 0 Å². The normalized spacial score (nSPS) is 11.2. The zero-order valence-electron chi connectivity index (χ0n) is 14.5. The largest absolute Gasteiger partial charge is 0.365 e. The molecular formula is C17H23N5O2. The number of rotatable bonds is 5. The third kappa shape index (κ3) is 4.91. The van der Waals surface area contributed by atoms with E-state index in [4.69, 9.17) is 0 Å². The van der Waals surface area contributed by atoms with Crippen molar-refractivity contribution < 1.29 is 4.79 Å². The Morgan fingerprint density at radius 1 is 1.21 bits per heavy atom. The zero-order valence-corrected chi connectivity index (χ0v) is 14.5. The number of amides is 1. The molecule has 0 aromatic carbocycles. The number of likely N-dealkylation sites (N-methyl/N-ethyl adjacent to an activating group) is 1. The lowest BCUT2D eigenvalue weighted by molar-refractivity contribution is -0.121. The predicted molar refractivity (Wildman–Crippen MR) is 93.8 cm³/mol. The fourth-order valence-corrected chi connectivity index (χ4v) is 2.11. The van der Waals surface area contributed by atoms with Crippen LogP contribution in [0.4, 0.5) is 5.82 Å². The molecule has 0 spiro atoms. The zero-order chi connectivity index (χ0) is 17.7. The second-order valence-electron chi connectivity index (χ2n) is 6.48. The summed E-state index contributed by atoms with van der Waals surface area (Å²) in [6.07, 6.45) is 1.69. The van der Waals surface area contributed by atoms with Gasteiger partial charge in [0.15, 0.2) is 0 Å². The molecule has 128 valence electrons. The highest BCUT2D eigenvalue weighted by Crippen LogP contribution is 2.18. The number of carbonyl (C=O) groups excluding carboxylic acids is 1. The molecular weight excluding hydrogens is 306 g/mol. The summed E-state index contributed by atoms with van der Waals surface area (Å²) in [5, 5.41) is 10.2. The molecule has 0 saturated heterocycles. The third-order valence-corrected chi connectivity index (χ3v) is 3.10. The van der Waals surface area contributed by atoms with Crippen LogP contribution in [0.2, 0.25) is 0 Å². The average Bonchev–Trinajstić information content (AvgIpc) is 2.49. The van der Waals surface area contributed by atoms with Crippen molar-refractivity contribution in [1.29, 1.82) is 0 Å². The van der Waals surface area contributed by atoms with Crippen LogP contribution in [0.5, 0.6) is 0 Å². The van der Waals surface area contributed by atoms with Gasteiger partial charge in [-0.3, -0.25) is 9.59 Å². The summed E-state index contributed by atoms with van der Waals surface area (Å²) in [4.78, 5) is 27.9. The smallest absolute Gasteiger partial charge is 0.267 e. The molecule has 7 heteroatoms. The third-order valence-electron chi connectivity index (χ3n) is 3.10. The molecule has 2 aromatic rings. The molecule has 2 aromatic heterocycles. The number of anilines is 1. The first-order chi connectivity index (χ1) is 11.3. The second-order valence-corrected chi connectivity index (χ2v) is 6.48. The van der Waals surface area contributed by atoms with E-state index in [2.05, 4.69) is 41.5 Å². The van der Waals surface area contributed by atoms with Gasteiger partial charge in [-0.05, 0) is 45.9 Å². The molecule has 2 N–H and O–H groups in total. The van der Waals surface area contributed by atoms with Crippen LogP contribution in [0.15, 0.2) is 35.3 Å². The Balaban J connectivity index is 2.23. The van der Waals surface area contributed by atoms with Crippen LogP contribution < -0.4 is 16.2 Å². The molecule has 0 aliphatic rings. The molecule has 0 atom stereocenters. The van der Waals surface area contributed by atoms with E-state index in [0.29, 0.717) is 12.2 Å². The van der Waals surface area contributed by atoms with Crippen molar-refractivity contribution in [3.8, 4) is 11.3 Å². The van der Waals surface area contributed by atoms with Crippen LogP contribution in [0.3, 0.4) is 0 Å². The maximum atomic E-state index is 11.8. The summed E-state index contributed by atoms with van der Waals surface area (Å²) in [6.45, 7) is 8.41. The standard InChI is InChI=1S/C17H23N5O2/c1-5-18-15(23)11-22-16(24)9-7-13(21-22)12-6-8-14(19-10-12)20-17(2,3)4/h6-10H,5,11H2,1-4H3,(H,18,23)(H,19,20). The molecule has 24 heavy (non-hydrogen) atoms. The molecule has 0 aliphatic carbocycles. The van der Waals surface area contributed by atoms with Crippen molar-refractivity contribution in [2.45, 2.75) is 39.8 Å². The van der Waals surface area contributed by atoms with E-state index in [-0.39, 0.29) is 23.6 Å². The van der Waals surface area contributed by atoms with Crippen LogP contribution in [0, 0.1) is 0 Å². The van der Waals surface area contributed by atoms with Gasteiger partial charge in [0.25, 0.3) is 5.56 Å². The first-order valence-electron chi connectivity index (χ1n) is 7.88. The molecule has 0 bridgehead atoms. The maximum Gasteiger partial charge on any atom is 0.267 e. The molecule has 7 nitrogen and oxygen atoms in total. The van der Waals surface area contributed by atoms with Crippen LogP contribution in [-0.4, -0.2) is 32.8 Å². The van der Waals surface area contributed by atoms with Crippen LogP contribution >= 0.6 is 0 Å². The minimum absolute atomic E-state index is 0.0768. The van der Waals surface area contributed by atoms with Crippen LogP contribution in [0.25, 0.3) is 11.3 Å². The Labute approximate surface area is 141 Å². The monoisotopic (exact) mass is 329 g/mol. The van der Waals surface area contributed by atoms with Crippen molar-refractivity contribution in [2.75, 3.05) is 11.9 Å². The van der Waals surface area contributed by atoms with Gasteiger partial charge in [-0.1, -0.05) is 0 Å². The highest BCUT2D eigenvalue weighted by molar-refractivity contribution is 5.75. The molecule has 0 aliphatic heterocycles. The Morgan fingerprint density at radius 2 is 1.96 bits per heavy atom. The number of nitrogens with one attached hydrogen (secondary N) is 2. The molecule has 0 fully saturated rings. The highest BCUT2D eigenvalue weighted by atomic mass is 16.2. The van der Waals surface area contributed by atoms with Crippen molar-refractivity contribution in [2.24, 2.45) is 0 Å². The quantitative estimate of drug-likeness (QED) is 0.871. The summed E-state index contributed by atoms with van der Waals surface area (Å²) in [5.74, 6) is 0.522. The second kappa shape index (κ2) is 7.25. The molecule has 2 rings (SSSR count). The minimum Gasteiger partial charge on any atom is -0.365 e. The van der Waals surface area contributed by atoms with Gasteiger partial charge in [0, 0.05) is 29.9 Å². The number of nitrogens with zero attached hydrogens (tertiary/aromatic N) is 3. The Bertz CT molecular complexity index is 760. The van der Waals surface area contributed by atoms with Gasteiger partial charge in [0.1, 0.15) is 12.4 Å². The number of hydrogen-bond acceptors (Lipinski definition) is 5. The van der Waals surface area contributed by atoms with E-state index >= 15 is 0 Å². The fourth-order valence-electron chi connectivity index (χ4n) is 2.11. The van der Waals surface area contributed by atoms with E-state index in [1.807, 2.05) is 19.1 Å². The van der Waals surface area contributed by atoms with Gasteiger partial charge in [-0.25, -0.2) is 9.67 Å². The average molecular weight is 329 g/mol. The summed E-state index contributed by atoms with van der Waals surface area (Å²) < 4.78 is 1.15. The van der Waals surface area contributed by atoms with Gasteiger partial charge in [0.2, 0.25) is 5.91 Å². The molecule has 0 radical (unpaired) electrons. The predicted octanol–water partition coefficient (Wildman–Crippen LogP) is 1.65. The van der Waals surface area contributed by atoms with Gasteiger partial charge in [0.05, 0.1) is 5.69 Å². The highest BCUT2D eigenvalue weighted by Gasteiger charge is 2.11. The Hall–Kier alpha value is -2.70. The molecule has 1 amide bonds. The summed E-state index contributed by atoms with van der Waals surface area (Å²) >= 11 is 0. The lowest BCUT2D eigenvalue weighted by Gasteiger charge is -2.21. The van der Waals surface area contributed by atoms with E-state index in [1.165, 1.54) is 6.07 Å². The van der Waals surface area contributed by atoms with E-state index in [1.54, 1.807) is 12.3 Å². The van der Waals surface area contributed by atoms with E-state index in [9.17, 15) is 9.59 Å². The Morgan fingerprint density at radius 3 is 2.54 bits per heavy atom. The molecule has 2 heterocycles. The van der Waals surface area contributed by atoms with Crippen LogP contribution in [0.1, 0.15) is 27.7 Å². The Kier molecular flexibility index (Phi) is 5.33. The van der Waals surface area contributed by atoms with Crippen molar-refractivity contribution in [1.82, 2.24) is 20.1 Å². The topological polar surface area (TPSA) is 88.9 Å². The van der Waals surface area contributed by atoms with Gasteiger partial charge < -0.3 is 10.6 Å². The van der Waals surface area contributed by atoms with Crippen molar-refractivity contribution in [3.63, 3.8) is 0 Å². The summed E-state index contributed by atoms with van der Waals surface area (Å²) in [6, 6.07) is 6.78. The van der Waals surface area contributed by atoms with Crippen molar-refractivity contribution in [3.05, 3.63) is 40.8 Å². The first kappa shape index (κ1) is 17.7. The van der Waals surface area contributed by atoms with Crippen LogP contribution in [-0.2, 0) is 11.3 Å². The summed E-state index contributed by atoms with van der Waals surface area (Å²) in [5.41, 5.74) is 0.976. The van der Waals surface area contributed by atoms with E-state index in [0.717, 1.165) is 16.1 Å². The lowest BCUT2D eigenvalue weighted by atomic mass is 10.1. The lowest BCUT2D eigenvalue weighted by Crippen LogP contribution is -2.33. The first-order valence-corrected chi connectivity index (χ1v) is 7.88.